The molecule has 3 unspecified atom stereocenters. The first-order valence-electron chi connectivity index (χ1n) is 6.14. The lowest BCUT2D eigenvalue weighted by Crippen LogP contribution is -2.40. The summed E-state index contributed by atoms with van der Waals surface area (Å²) in [5.74, 6) is -1.43. The van der Waals surface area contributed by atoms with Crippen LogP contribution >= 0.6 is 0 Å². The third kappa shape index (κ3) is 1.93. The quantitative estimate of drug-likeness (QED) is 0.774. The number of hydrogen-bond acceptors (Lipinski definition) is 2. The van der Waals surface area contributed by atoms with E-state index in [4.69, 9.17) is 5.11 Å². The predicted octanol–water partition coefficient (Wildman–Crippen LogP) is 1.50. The summed E-state index contributed by atoms with van der Waals surface area (Å²) in [5.41, 5.74) is 0. The number of aliphatic carboxylic acids is 1. The van der Waals surface area contributed by atoms with Gasteiger partial charge in [-0.2, -0.15) is 0 Å². The maximum absolute atomic E-state index is 12.2. The second-order valence-corrected chi connectivity index (χ2v) is 5.01. The number of carboxylic acid groups (broad SMARTS) is 1. The molecule has 0 bridgehead atoms. The summed E-state index contributed by atoms with van der Waals surface area (Å²) in [6, 6.07) is 0.294. The van der Waals surface area contributed by atoms with Gasteiger partial charge in [-0.05, 0) is 32.6 Å². The molecule has 2 fully saturated rings. The third-order valence-corrected chi connectivity index (χ3v) is 3.99. The average molecular weight is 225 g/mol. The number of rotatable bonds is 2. The lowest BCUT2D eigenvalue weighted by Gasteiger charge is -2.26. The molecule has 4 nitrogen and oxygen atoms in total. The molecular formula is C12H19NO3. The monoisotopic (exact) mass is 225 g/mol. The number of hydrogen-bond donors (Lipinski definition) is 1. The van der Waals surface area contributed by atoms with E-state index in [1.807, 2.05) is 4.90 Å². The molecule has 0 aromatic rings. The highest BCUT2D eigenvalue weighted by Gasteiger charge is 2.41. The number of carbonyl (C=O) groups excluding carboxylic acids is 1. The topological polar surface area (TPSA) is 57.6 Å². The molecule has 1 saturated carbocycles. The molecular weight excluding hydrogens is 206 g/mol. The van der Waals surface area contributed by atoms with Gasteiger partial charge >= 0.3 is 5.97 Å². The van der Waals surface area contributed by atoms with Gasteiger partial charge < -0.3 is 10.0 Å². The van der Waals surface area contributed by atoms with E-state index < -0.39 is 11.9 Å². The van der Waals surface area contributed by atoms with Gasteiger partial charge in [-0.15, -0.1) is 0 Å². The van der Waals surface area contributed by atoms with E-state index >= 15 is 0 Å². The Morgan fingerprint density at radius 3 is 2.38 bits per heavy atom. The van der Waals surface area contributed by atoms with E-state index in [0.717, 1.165) is 32.2 Å². The van der Waals surface area contributed by atoms with Crippen molar-refractivity contribution in [2.75, 3.05) is 6.54 Å². The summed E-state index contributed by atoms with van der Waals surface area (Å²) in [6.45, 7) is 2.86. The van der Waals surface area contributed by atoms with Crippen molar-refractivity contribution in [2.45, 2.75) is 45.1 Å². The Kier molecular flexibility index (Phi) is 3.17. The lowest BCUT2D eigenvalue weighted by atomic mass is 9.94. The molecule has 1 aliphatic carbocycles. The molecule has 3 atom stereocenters. The van der Waals surface area contributed by atoms with Gasteiger partial charge in [-0.1, -0.05) is 6.42 Å². The molecule has 4 heteroatoms. The molecule has 1 amide bonds. The van der Waals surface area contributed by atoms with E-state index in [9.17, 15) is 9.59 Å². The first-order valence-corrected chi connectivity index (χ1v) is 6.14. The summed E-state index contributed by atoms with van der Waals surface area (Å²) < 4.78 is 0. The van der Waals surface area contributed by atoms with Crippen LogP contribution in [0, 0.1) is 11.8 Å². The Hall–Kier alpha value is -1.06. The molecule has 1 saturated heterocycles. The third-order valence-electron chi connectivity index (χ3n) is 3.99. The Balaban J connectivity index is 2.06. The highest BCUT2D eigenvalue weighted by atomic mass is 16.4. The van der Waals surface area contributed by atoms with Crippen molar-refractivity contribution in [3.63, 3.8) is 0 Å². The molecule has 2 rings (SSSR count). The molecule has 0 aromatic carbocycles. The lowest BCUT2D eigenvalue weighted by molar-refractivity contribution is -0.149. The first kappa shape index (κ1) is 11.4. The highest BCUT2D eigenvalue weighted by molar-refractivity contribution is 5.85. The van der Waals surface area contributed by atoms with Gasteiger partial charge in [-0.3, -0.25) is 9.59 Å². The van der Waals surface area contributed by atoms with Crippen LogP contribution in [0.2, 0.25) is 0 Å². The van der Waals surface area contributed by atoms with Crippen LogP contribution in [0.3, 0.4) is 0 Å². The van der Waals surface area contributed by atoms with Crippen molar-refractivity contribution in [3.8, 4) is 0 Å². The SMILES string of the molecule is CC1CCCN1C(=O)C1CCCC1C(=O)O. The van der Waals surface area contributed by atoms with Crippen molar-refractivity contribution in [3.05, 3.63) is 0 Å². The average Bonchev–Trinajstić information content (AvgIpc) is 2.84. The van der Waals surface area contributed by atoms with E-state index in [2.05, 4.69) is 6.92 Å². The normalized spacial score (nSPS) is 34.3. The molecule has 0 radical (unpaired) electrons. The van der Waals surface area contributed by atoms with Crippen molar-refractivity contribution < 1.29 is 14.7 Å². The second-order valence-electron chi connectivity index (χ2n) is 5.01. The maximum atomic E-state index is 12.2. The standard InChI is InChI=1S/C12H19NO3/c1-8-4-3-7-13(8)11(14)9-5-2-6-10(9)12(15)16/h8-10H,2-7H2,1H3,(H,15,16). The van der Waals surface area contributed by atoms with E-state index in [1.165, 1.54) is 0 Å². The molecule has 0 aromatic heterocycles. The smallest absolute Gasteiger partial charge is 0.307 e. The number of carbonyl (C=O) groups is 2. The Morgan fingerprint density at radius 2 is 1.81 bits per heavy atom. The highest BCUT2D eigenvalue weighted by Crippen LogP contribution is 2.34. The van der Waals surface area contributed by atoms with Gasteiger partial charge in [0.05, 0.1) is 11.8 Å². The zero-order chi connectivity index (χ0) is 11.7. The minimum absolute atomic E-state index is 0.0786. The number of amides is 1. The molecule has 16 heavy (non-hydrogen) atoms. The zero-order valence-electron chi connectivity index (χ0n) is 9.69. The van der Waals surface area contributed by atoms with Crippen molar-refractivity contribution in [1.29, 1.82) is 0 Å². The number of nitrogens with zero attached hydrogens (tertiary/aromatic N) is 1. The van der Waals surface area contributed by atoms with Gasteiger partial charge in [0.2, 0.25) is 5.91 Å². The zero-order valence-corrected chi connectivity index (χ0v) is 9.69. The van der Waals surface area contributed by atoms with Crippen LogP contribution in [-0.2, 0) is 9.59 Å². The summed E-state index contributed by atoms with van der Waals surface area (Å²) in [7, 11) is 0. The van der Waals surface area contributed by atoms with E-state index in [1.54, 1.807) is 0 Å². The van der Waals surface area contributed by atoms with Crippen molar-refractivity contribution in [2.24, 2.45) is 11.8 Å². The Morgan fingerprint density at radius 1 is 1.12 bits per heavy atom. The molecule has 2 aliphatic rings. The van der Waals surface area contributed by atoms with Gasteiger partial charge in [0, 0.05) is 12.6 Å². The maximum Gasteiger partial charge on any atom is 0.307 e. The van der Waals surface area contributed by atoms with E-state index in [-0.39, 0.29) is 11.8 Å². The fraction of sp³-hybridized carbons (Fsp3) is 0.833. The largest absolute Gasteiger partial charge is 0.481 e. The minimum atomic E-state index is -0.803. The van der Waals surface area contributed by atoms with Gasteiger partial charge in [-0.25, -0.2) is 0 Å². The number of likely N-dealkylation sites (tertiary alicyclic amines) is 1. The van der Waals surface area contributed by atoms with Crippen LogP contribution in [0.5, 0.6) is 0 Å². The Labute approximate surface area is 95.6 Å². The van der Waals surface area contributed by atoms with Gasteiger partial charge in [0.25, 0.3) is 0 Å². The second kappa shape index (κ2) is 4.44. The van der Waals surface area contributed by atoms with Crippen molar-refractivity contribution in [1.82, 2.24) is 4.90 Å². The van der Waals surface area contributed by atoms with Crippen LogP contribution in [0.25, 0.3) is 0 Å². The van der Waals surface area contributed by atoms with Crippen LogP contribution in [0.1, 0.15) is 39.0 Å². The summed E-state index contributed by atoms with van der Waals surface area (Å²) in [4.78, 5) is 25.2. The molecule has 90 valence electrons. The van der Waals surface area contributed by atoms with Crippen LogP contribution < -0.4 is 0 Å². The summed E-state index contributed by atoms with van der Waals surface area (Å²) in [5, 5.41) is 9.07. The van der Waals surface area contributed by atoms with Crippen molar-refractivity contribution >= 4 is 11.9 Å². The summed E-state index contributed by atoms with van der Waals surface area (Å²) in [6.07, 6.45) is 4.39. The molecule has 0 spiro atoms. The van der Waals surface area contributed by atoms with Crippen LogP contribution in [0.15, 0.2) is 0 Å². The predicted molar refractivity (Wildman–Crippen MR) is 58.9 cm³/mol. The van der Waals surface area contributed by atoms with Gasteiger partial charge in [0.1, 0.15) is 0 Å². The number of carboxylic acids is 1. The molecule has 1 N–H and O–H groups in total. The van der Waals surface area contributed by atoms with Gasteiger partial charge in [0.15, 0.2) is 0 Å². The van der Waals surface area contributed by atoms with E-state index in [0.29, 0.717) is 12.5 Å². The minimum Gasteiger partial charge on any atom is -0.481 e. The fourth-order valence-electron chi connectivity index (χ4n) is 3.02. The Bertz CT molecular complexity index is 303. The van der Waals surface area contributed by atoms with Crippen LogP contribution in [0.4, 0.5) is 0 Å². The molecule has 1 aliphatic heterocycles. The first-order chi connectivity index (χ1) is 7.61. The summed E-state index contributed by atoms with van der Waals surface area (Å²) >= 11 is 0. The molecule has 1 heterocycles. The van der Waals surface area contributed by atoms with Crippen LogP contribution in [-0.4, -0.2) is 34.5 Å². The fourth-order valence-corrected chi connectivity index (χ4v) is 3.02.